The smallest absolute Gasteiger partial charge is 0.179 e. The van der Waals surface area contributed by atoms with Crippen molar-refractivity contribution >= 4 is 9.84 Å². The first kappa shape index (κ1) is 12.6. The molecule has 0 spiro atoms. The van der Waals surface area contributed by atoms with E-state index in [0.29, 0.717) is 6.35 Å². The summed E-state index contributed by atoms with van der Waals surface area (Å²) in [7, 11) is 2.08. The summed E-state index contributed by atoms with van der Waals surface area (Å²) in [5, 5.41) is 0. The van der Waals surface area contributed by atoms with E-state index in [4.69, 9.17) is 4.74 Å². The van der Waals surface area contributed by atoms with Crippen LogP contribution in [0.3, 0.4) is 0 Å². The molecule has 0 aromatic heterocycles. The van der Waals surface area contributed by atoms with E-state index in [0.717, 1.165) is 12.6 Å². The monoisotopic (exact) mass is 242 g/mol. The van der Waals surface area contributed by atoms with Crippen LogP contribution < -0.4 is 0 Å². The molecule has 0 radical (unpaired) electrons. The number of unbranched alkanes of at least 4 members (excludes halogenated alkanes) is 1. The lowest BCUT2D eigenvalue weighted by Gasteiger charge is -2.52. The predicted octanol–water partition coefficient (Wildman–Crippen LogP) is 1.67. The summed E-state index contributed by atoms with van der Waals surface area (Å²) in [6.07, 6.45) is 9.90. The molecule has 0 N–H and O–H groups in total. The molecule has 2 rings (SSSR count). The second-order valence-corrected chi connectivity index (χ2v) is 7.27. The highest BCUT2D eigenvalue weighted by molar-refractivity contribution is 6.31. The predicted molar refractivity (Wildman–Crippen MR) is 69.7 cm³/mol. The van der Waals surface area contributed by atoms with E-state index in [1.54, 1.807) is 0 Å². The second kappa shape index (κ2) is 6.14. The summed E-state index contributed by atoms with van der Waals surface area (Å²) in [6, 6.07) is 0.850. The maximum atomic E-state index is 5.98. The summed E-state index contributed by atoms with van der Waals surface area (Å²) in [6.45, 7) is 3.16. The van der Waals surface area contributed by atoms with E-state index >= 15 is 0 Å². The van der Waals surface area contributed by atoms with Gasteiger partial charge in [0.1, 0.15) is 0 Å². The van der Waals surface area contributed by atoms with Gasteiger partial charge in [-0.2, -0.15) is 0 Å². The Hall–Kier alpha value is 0.0969. The van der Waals surface area contributed by atoms with Crippen LogP contribution in [0.4, 0.5) is 0 Å². The fourth-order valence-corrected chi connectivity index (χ4v) is 4.60. The van der Waals surface area contributed by atoms with Crippen molar-refractivity contribution in [1.29, 1.82) is 0 Å². The Morgan fingerprint density at radius 1 is 1.25 bits per heavy atom. The number of hydrogen-bond acceptors (Lipinski definition) is 3. The molecule has 2 aliphatic rings. The molecule has 1 atom stereocenters. The topological polar surface area (TPSA) is 15.7 Å². The van der Waals surface area contributed by atoms with Crippen LogP contribution in [0.2, 0.25) is 0 Å². The average Bonchev–Trinajstić information content (AvgIpc) is 2.32. The summed E-state index contributed by atoms with van der Waals surface area (Å²) in [4.78, 5) is 0. The molecule has 94 valence electrons. The quantitative estimate of drug-likeness (QED) is 0.539. The molecule has 4 heteroatoms. The number of ether oxygens (including phenoxy) is 1. The molecule has 0 aromatic carbocycles. The first-order valence-corrected chi connectivity index (χ1v) is 8.17. The van der Waals surface area contributed by atoms with Gasteiger partial charge < -0.3 is 4.74 Å². The molecule has 16 heavy (non-hydrogen) atoms. The van der Waals surface area contributed by atoms with Crippen LogP contribution in [0, 0.1) is 0 Å². The maximum Gasteiger partial charge on any atom is 0.179 e. The van der Waals surface area contributed by atoms with Crippen LogP contribution in [-0.4, -0.2) is 45.0 Å². The SMILES string of the molecule is CCCCOC1N(C)[SiH2]N1C1CCCCC1. The van der Waals surface area contributed by atoms with Crippen LogP contribution in [0.5, 0.6) is 0 Å². The highest BCUT2D eigenvalue weighted by atomic mass is 28.2. The third-order valence-corrected chi connectivity index (χ3v) is 5.77. The van der Waals surface area contributed by atoms with Gasteiger partial charge in [-0.15, -0.1) is 0 Å². The first-order chi connectivity index (χ1) is 7.83. The van der Waals surface area contributed by atoms with E-state index < -0.39 is 0 Å². The zero-order valence-electron chi connectivity index (χ0n) is 10.8. The van der Waals surface area contributed by atoms with Gasteiger partial charge >= 0.3 is 0 Å². The van der Waals surface area contributed by atoms with E-state index in [1.807, 2.05) is 0 Å². The lowest BCUT2D eigenvalue weighted by Crippen LogP contribution is -2.69. The standard InChI is InChI=1S/C12H26N2OSi/c1-3-4-10-15-12-13(2)16-14(12)11-8-6-5-7-9-11/h11-12H,3-10,16H2,1-2H3. The molecule has 0 bridgehead atoms. The van der Waals surface area contributed by atoms with Crippen molar-refractivity contribution in [2.24, 2.45) is 0 Å². The summed E-state index contributed by atoms with van der Waals surface area (Å²) in [5.41, 5.74) is 0. The van der Waals surface area contributed by atoms with E-state index in [9.17, 15) is 0 Å². The number of hydrogen-bond donors (Lipinski definition) is 0. The third kappa shape index (κ3) is 2.86. The summed E-state index contributed by atoms with van der Waals surface area (Å²) >= 11 is 0. The van der Waals surface area contributed by atoms with Crippen molar-refractivity contribution in [2.75, 3.05) is 13.7 Å². The Labute approximate surface area is 102 Å². The first-order valence-electron chi connectivity index (χ1n) is 6.90. The number of nitrogens with zero attached hydrogens (tertiary/aromatic N) is 2. The molecule has 1 saturated heterocycles. The number of rotatable bonds is 5. The van der Waals surface area contributed by atoms with Crippen molar-refractivity contribution < 1.29 is 4.74 Å². The van der Waals surface area contributed by atoms with Crippen LogP contribution in [0.25, 0.3) is 0 Å². The normalized spacial score (nSPS) is 30.8. The van der Waals surface area contributed by atoms with Gasteiger partial charge in [-0.25, -0.2) is 0 Å². The van der Waals surface area contributed by atoms with Gasteiger partial charge in [-0.1, -0.05) is 32.6 Å². The minimum Gasteiger partial charge on any atom is -0.351 e. The Bertz CT molecular complexity index is 209. The highest BCUT2D eigenvalue weighted by Gasteiger charge is 2.39. The molecule has 1 aliphatic heterocycles. The minimum absolute atomic E-state index is 0.142. The zero-order valence-corrected chi connectivity index (χ0v) is 12.2. The molecular weight excluding hydrogens is 216 g/mol. The molecule has 0 aromatic rings. The van der Waals surface area contributed by atoms with Gasteiger partial charge in [0.2, 0.25) is 0 Å². The maximum absolute atomic E-state index is 5.98. The van der Waals surface area contributed by atoms with E-state index in [1.165, 1.54) is 44.9 Å². The van der Waals surface area contributed by atoms with Crippen molar-refractivity contribution in [1.82, 2.24) is 9.13 Å². The van der Waals surface area contributed by atoms with Crippen LogP contribution in [0.1, 0.15) is 51.9 Å². The second-order valence-electron chi connectivity index (χ2n) is 5.26. The summed E-state index contributed by atoms with van der Waals surface area (Å²) < 4.78 is 11.1. The average molecular weight is 242 g/mol. The Morgan fingerprint density at radius 2 is 2.00 bits per heavy atom. The van der Waals surface area contributed by atoms with Crippen molar-refractivity contribution in [3.05, 3.63) is 0 Å². The Kier molecular flexibility index (Phi) is 4.82. The van der Waals surface area contributed by atoms with Crippen LogP contribution in [-0.2, 0) is 4.74 Å². The zero-order chi connectivity index (χ0) is 11.4. The van der Waals surface area contributed by atoms with Gasteiger partial charge in [0.15, 0.2) is 16.2 Å². The van der Waals surface area contributed by atoms with Crippen LogP contribution in [0.15, 0.2) is 0 Å². The molecule has 3 nitrogen and oxygen atoms in total. The van der Waals surface area contributed by atoms with Gasteiger partial charge in [-0.3, -0.25) is 9.13 Å². The fraction of sp³-hybridized carbons (Fsp3) is 1.00. The molecular formula is C12H26N2OSi. The molecule has 1 saturated carbocycles. The molecule has 1 aliphatic carbocycles. The molecule has 1 heterocycles. The highest BCUT2D eigenvalue weighted by Crippen LogP contribution is 2.28. The van der Waals surface area contributed by atoms with Gasteiger partial charge in [0.25, 0.3) is 0 Å². The van der Waals surface area contributed by atoms with Crippen molar-refractivity contribution in [3.8, 4) is 0 Å². The van der Waals surface area contributed by atoms with Crippen molar-refractivity contribution in [2.45, 2.75) is 64.3 Å². The summed E-state index contributed by atoms with van der Waals surface area (Å²) in [5.74, 6) is 0. The van der Waals surface area contributed by atoms with Gasteiger partial charge in [0.05, 0.1) is 6.61 Å². The van der Waals surface area contributed by atoms with E-state index in [2.05, 4.69) is 23.1 Å². The molecule has 1 unspecified atom stereocenters. The minimum atomic E-state index is -0.142. The van der Waals surface area contributed by atoms with Gasteiger partial charge in [0, 0.05) is 6.04 Å². The van der Waals surface area contributed by atoms with Crippen LogP contribution >= 0.6 is 0 Å². The lowest BCUT2D eigenvalue weighted by atomic mass is 9.95. The Balaban J connectivity index is 1.76. The third-order valence-electron chi connectivity index (χ3n) is 3.86. The van der Waals surface area contributed by atoms with Gasteiger partial charge in [-0.05, 0) is 26.3 Å². The lowest BCUT2D eigenvalue weighted by molar-refractivity contribution is -0.143. The largest absolute Gasteiger partial charge is 0.351 e. The Morgan fingerprint density at radius 3 is 2.62 bits per heavy atom. The molecule has 0 amide bonds. The fourth-order valence-electron chi connectivity index (χ4n) is 2.82. The molecule has 2 fully saturated rings. The van der Waals surface area contributed by atoms with E-state index in [-0.39, 0.29) is 9.84 Å². The van der Waals surface area contributed by atoms with Crippen molar-refractivity contribution in [3.63, 3.8) is 0 Å².